The Morgan fingerprint density at radius 3 is 2.73 bits per heavy atom. The number of nitro groups is 1. The van der Waals surface area contributed by atoms with E-state index in [0.717, 1.165) is 47.6 Å². The summed E-state index contributed by atoms with van der Waals surface area (Å²) in [6.07, 6.45) is 2.31. The molecule has 0 fully saturated rings. The molecule has 0 unspecified atom stereocenters. The zero-order valence-electron chi connectivity index (χ0n) is 18.4. The Kier molecular flexibility index (Phi) is 5.69. The topological polar surface area (TPSA) is 77.2 Å². The Bertz CT molecular complexity index is 1190. The van der Waals surface area contributed by atoms with Crippen LogP contribution in [0, 0.1) is 10.1 Å². The molecule has 3 aromatic carbocycles. The van der Waals surface area contributed by atoms with Crippen molar-refractivity contribution in [3.05, 3.63) is 99.6 Å². The van der Waals surface area contributed by atoms with Gasteiger partial charge in [-0.15, -0.1) is 0 Å². The lowest BCUT2D eigenvalue weighted by molar-refractivity contribution is -0.385. The van der Waals surface area contributed by atoms with E-state index in [1.807, 2.05) is 53.5 Å². The average molecular weight is 444 g/mol. The van der Waals surface area contributed by atoms with Crippen LogP contribution >= 0.6 is 0 Å². The highest BCUT2D eigenvalue weighted by Crippen LogP contribution is 2.47. The second-order valence-electron chi connectivity index (χ2n) is 8.23. The van der Waals surface area contributed by atoms with E-state index in [-0.39, 0.29) is 16.7 Å². The monoisotopic (exact) mass is 443 g/mol. The number of ether oxygens (including phenoxy) is 2. The first-order chi connectivity index (χ1) is 16.1. The van der Waals surface area contributed by atoms with Crippen molar-refractivity contribution in [2.75, 3.05) is 6.61 Å². The number of unbranched alkanes of at least 4 members (excludes halogenated alkanes) is 1. The Balaban J connectivity index is 1.47. The molecule has 2 heterocycles. The fourth-order valence-electron chi connectivity index (χ4n) is 4.30. The van der Waals surface area contributed by atoms with Crippen LogP contribution in [0.25, 0.3) is 0 Å². The third-order valence-electron chi connectivity index (χ3n) is 6.02. The molecule has 0 saturated carbocycles. The zero-order chi connectivity index (χ0) is 22.8. The fourth-order valence-corrected chi connectivity index (χ4v) is 4.30. The minimum absolute atomic E-state index is 0.00491. The van der Waals surface area contributed by atoms with E-state index in [1.165, 1.54) is 6.07 Å². The molecule has 7 heteroatoms. The molecule has 0 aliphatic carbocycles. The highest BCUT2D eigenvalue weighted by molar-refractivity contribution is 6.02. The molecule has 3 aromatic rings. The zero-order valence-corrected chi connectivity index (χ0v) is 18.4. The molecular weight excluding hydrogens is 418 g/mol. The summed E-state index contributed by atoms with van der Waals surface area (Å²) in [5.74, 6) is 1.64. The predicted molar refractivity (Wildman–Crippen MR) is 125 cm³/mol. The van der Waals surface area contributed by atoms with Crippen LogP contribution in [0.5, 0.6) is 11.5 Å². The number of hydrogen-bond acceptors (Lipinski definition) is 6. The SMILES string of the molecule is CCCCOc1ccc(C2=NN3[C@@H](C2)c2ccccc2O[C@H]3c2cccc([N+](=O)[O-])c2)cc1. The van der Waals surface area contributed by atoms with E-state index in [0.29, 0.717) is 12.2 Å². The molecule has 33 heavy (non-hydrogen) atoms. The maximum atomic E-state index is 11.3. The minimum Gasteiger partial charge on any atom is -0.494 e. The molecule has 0 bridgehead atoms. The van der Waals surface area contributed by atoms with Crippen molar-refractivity contribution < 1.29 is 14.4 Å². The summed E-state index contributed by atoms with van der Waals surface area (Å²) in [5.41, 5.74) is 3.79. The lowest BCUT2D eigenvalue weighted by atomic mass is 9.96. The van der Waals surface area contributed by atoms with Gasteiger partial charge in [-0.05, 0) is 42.3 Å². The van der Waals surface area contributed by atoms with Crippen molar-refractivity contribution in [1.29, 1.82) is 0 Å². The van der Waals surface area contributed by atoms with E-state index in [1.54, 1.807) is 12.1 Å². The number of nitrogens with zero attached hydrogens (tertiary/aromatic N) is 3. The van der Waals surface area contributed by atoms with Crippen LogP contribution in [0.2, 0.25) is 0 Å². The van der Waals surface area contributed by atoms with Gasteiger partial charge in [-0.2, -0.15) is 5.10 Å². The maximum absolute atomic E-state index is 11.3. The summed E-state index contributed by atoms with van der Waals surface area (Å²) in [6, 6.07) is 22.5. The molecule has 168 valence electrons. The predicted octanol–water partition coefficient (Wildman–Crippen LogP) is 6.02. The smallest absolute Gasteiger partial charge is 0.269 e. The van der Waals surface area contributed by atoms with Crippen LogP contribution in [0.4, 0.5) is 5.69 Å². The molecule has 2 aliphatic heterocycles. The third-order valence-corrected chi connectivity index (χ3v) is 6.02. The minimum atomic E-state index is -0.543. The van der Waals surface area contributed by atoms with Gasteiger partial charge in [0.2, 0.25) is 6.23 Å². The van der Waals surface area contributed by atoms with Gasteiger partial charge in [0.25, 0.3) is 5.69 Å². The van der Waals surface area contributed by atoms with Crippen LogP contribution in [0.15, 0.2) is 77.9 Å². The average Bonchev–Trinajstić information content (AvgIpc) is 3.30. The molecular formula is C26H25N3O4. The summed E-state index contributed by atoms with van der Waals surface area (Å²) in [6.45, 7) is 2.86. The van der Waals surface area contributed by atoms with E-state index in [9.17, 15) is 10.1 Å². The molecule has 0 radical (unpaired) electrons. The summed E-state index contributed by atoms with van der Waals surface area (Å²) >= 11 is 0. The first-order valence-electron chi connectivity index (χ1n) is 11.2. The standard InChI is InChI=1S/C26H25N3O4/c1-2-3-15-32-21-13-11-18(12-14-21)23-17-24-22-9-4-5-10-25(22)33-26(28(24)27-23)19-7-6-8-20(16-19)29(30)31/h4-14,16,24,26H,2-3,15,17H2,1H3/t24-,26-/m0/s1. The van der Waals surface area contributed by atoms with Crippen molar-refractivity contribution in [3.63, 3.8) is 0 Å². The number of benzene rings is 3. The second-order valence-corrected chi connectivity index (χ2v) is 8.23. The van der Waals surface area contributed by atoms with Crippen molar-refractivity contribution in [1.82, 2.24) is 5.01 Å². The van der Waals surface area contributed by atoms with Crippen LogP contribution < -0.4 is 9.47 Å². The third kappa shape index (κ3) is 4.14. The van der Waals surface area contributed by atoms with E-state index in [4.69, 9.17) is 14.6 Å². The number of fused-ring (bicyclic) bond motifs is 3. The van der Waals surface area contributed by atoms with Crippen molar-refractivity contribution in [2.45, 2.75) is 38.5 Å². The largest absolute Gasteiger partial charge is 0.494 e. The molecule has 2 atom stereocenters. The quantitative estimate of drug-likeness (QED) is 0.254. The molecule has 0 amide bonds. The molecule has 0 N–H and O–H groups in total. The Labute approximate surface area is 192 Å². The Morgan fingerprint density at radius 2 is 1.94 bits per heavy atom. The van der Waals surface area contributed by atoms with Gasteiger partial charge in [-0.3, -0.25) is 10.1 Å². The molecule has 7 nitrogen and oxygen atoms in total. The summed E-state index contributed by atoms with van der Waals surface area (Å²) in [7, 11) is 0. The molecule has 5 rings (SSSR count). The number of hydrazone groups is 1. The number of hydrogen-bond donors (Lipinski definition) is 0. The van der Waals surface area contributed by atoms with Gasteiger partial charge >= 0.3 is 0 Å². The van der Waals surface area contributed by atoms with Crippen molar-refractivity contribution in [2.24, 2.45) is 5.10 Å². The van der Waals surface area contributed by atoms with E-state index in [2.05, 4.69) is 13.0 Å². The summed E-state index contributed by atoms with van der Waals surface area (Å²) in [5, 5.41) is 18.2. The lowest BCUT2D eigenvalue weighted by Gasteiger charge is -2.38. The van der Waals surface area contributed by atoms with Crippen LogP contribution in [0.1, 0.15) is 55.1 Å². The van der Waals surface area contributed by atoms with E-state index < -0.39 is 6.23 Å². The Morgan fingerprint density at radius 1 is 1.12 bits per heavy atom. The van der Waals surface area contributed by atoms with Gasteiger partial charge in [-0.25, -0.2) is 5.01 Å². The summed E-state index contributed by atoms with van der Waals surface area (Å²) in [4.78, 5) is 10.9. The molecule has 2 aliphatic rings. The highest BCUT2D eigenvalue weighted by atomic mass is 16.6. The van der Waals surface area contributed by atoms with Gasteiger partial charge in [0.15, 0.2) is 0 Å². The lowest BCUT2D eigenvalue weighted by Crippen LogP contribution is -2.33. The second kappa shape index (κ2) is 8.94. The number of para-hydroxylation sites is 1. The number of non-ortho nitro benzene ring substituents is 1. The van der Waals surface area contributed by atoms with Crippen LogP contribution in [-0.4, -0.2) is 22.3 Å². The first-order valence-corrected chi connectivity index (χ1v) is 11.2. The van der Waals surface area contributed by atoms with Gasteiger partial charge in [-0.1, -0.05) is 43.7 Å². The maximum Gasteiger partial charge on any atom is 0.269 e. The highest BCUT2D eigenvalue weighted by Gasteiger charge is 2.41. The van der Waals surface area contributed by atoms with Crippen LogP contribution in [0.3, 0.4) is 0 Å². The van der Waals surface area contributed by atoms with Gasteiger partial charge in [0.1, 0.15) is 11.5 Å². The van der Waals surface area contributed by atoms with Gasteiger partial charge in [0.05, 0.1) is 23.3 Å². The number of nitro benzene ring substituents is 1. The summed E-state index contributed by atoms with van der Waals surface area (Å²) < 4.78 is 12.1. The Hall–Kier alpha value is -3.87. The molecule has 0 aromatic heterocycles. The number of rotatable bonds is 7. The normalized spacial score (nSPS) is 18.7. The first kappa shape index (κ1) is 21.0. The van der Waals surface area contributed by atoms with Crippen molar-refractivity contribution in [3.8, 4) is 11.5 Å². The molecule has 0 spiro atoms. The van der Waals surface area contributed by atoms with E-state index >= 15 is 0 Å². The van der Waals surface area contributed by atoms with Gasteiger partial charge < -0.3 is 9.47 Å². The van der Waals surface area contributed by atoms with Crippen LogP contribution in [-0.2, 0) is 0 Å². The van der Waals surface area contributed by atoms with Crippen molar-refractivity contribution >= 4 is 11.4 Å². The van der Waals surface area contributed by atoms with Gasteiger partial charge in [0, 0.05) is 29.7 Å². The fraction of sp³-hybridized carbons (Fsp3) is 0.269. The molecule has 0 saturated heterocycles.